The number of phenols is 1. The minimum Gasteiger partial charge on any atom is -0.508 e. The molecule has 1 amide bonds. The Kier molecular flexibility index (Phi) is 8.38. The van der Waals surface area contributed by atoms with Crippen molar-refractivity contribution in [2.24, 2.45) is 0 Å². The third-order valence-corrected chi connectivity index (χ3v) is 4.15. The van der Waals surface area contributed by atoms with Crippen molar-refractivity contribution in [2.45, 2.75) is 52.8 Å². The highest BCUT2D eigenvalue weighted by Gasteiger charge is 2.18. The van der Waals surface area contributed by atoms with E-state index in [1.54, 1.807) is 52.0 Å². The summed E-state index contributed by atoms with van der Waals surface area (Å²) in [5, 5.41) is 15.7. The molecule has 2 aromatic rings. The predicted octanol–water partition coefficient (Wildman–Crippen LogP) is 4.27. The van der Waals surface area contributed by atoms with Crippen LogP contribution in [0.4, 0.5) is 14.9 Å². The molecule has 0 aliphatic heterocycles. The van der Waals surface area contributed by atoms with Crippen LogP contribution >= 0.6 is 0 Å². The number of ether oxygens (including phenoxy) is 2. The van der Waals surface area contributed by atoms with Gasteiger partial charge in [-0.3, -0.25) is 10.1 Å². The summed E-state index contributed by atoms with van der Waals surface area (Å²) in [6, 6.07) is 9.64. The lowest BCUT2D eigenvalue weighted by Gasteiger charge is -2.20. The maximum absolute atomic E-state index is 14.7. The van der Waals surface area contributed by atoms with Gasteiger partial charge < -0.3 is 19.9 Å². The van der Waals surface area contributed by atoms with E-state index in [0.717, 1.165) is 0 Å². The number of halogens is 1. The smallest absolute Gasteiger partial charge is 0.412 e. The molecule has 0 spiro atoms. The number of rotatable bonds is 8. The number of esters is 1. The zero-order valence-corrected chi connectivity index (χ0v) is 18.3. The molecule has 0 aromatic heterocycles. The molecule has 0 saturated carbocycles. The van der Waals surface area contributed by atoms with Crippen LogP contribution in [0.5, 0.6) is 5.75 Å². The molecule has 2 aromatic carbocycles. The number of carbonyl (C=O) groups is 2. The molecule has 8 heteroatoms. The normalized spacial score (nSPS) is 11.1. The Hall–Kier alpha value is -3.13. The lowest BCUT2D eigenvalue weighted by molar-refractivity contribution is -0.142. The summed E-state index contributed by atoms with van der Waals surface area (Å²) in [6.45, 7) is 7.68. The average molecular weight is 432 g/mol. The van der Waals surface area contributed by atoms with E-state index >= 15 is 0 Å². The highest BCUT2D eigenvalue weighted by molar-refractivity contribution is 5.85. The van der Waals surface area contributed by atoms with Crippen LogP contribution in [0.15, 0.2) is 36.4 Å². The van der Waals surface area contributed by atoms with Crippen LogP contribution in [0.25, 0.3) is 0 Å². The van der Waals surface area contributed by atoms with Crippen molar-refractivity contribution in [1.82, 2.24) is 5.32 Å². The van der Waals surface area contributed by atoms with Crippen molar-refractivity contribution in [3.8, 4) is 5.75 Å². The maximum atomic E-state index is 14.7. The molecule has 7 nitrogen and oxygen atoms in total. The summed E-state index contributed by atoms with van der Waals surface area (Å²) < 4.78 is 24.7. The van der Waals surface area contributed by atoms with Crippen molar-refractivity contribution < 1.29 is 28.6 Å². The first-order chi connectivity index (χ1) is 14.6. The molecule has 31 heavy (non-hydrogen) atoms. The lowest BCUT2D eigenvalue weighted by Crippen LogP contribution is -2.27. The molecule has 168 valence electrons. The second-order valence-corrected chi connectivity index (χ2v) is 7.95. The third kappa shape index (κ3) is 7.90. The van der Waals surface area contributed by atoms with Gasteiger partial charge in [-0.05, 0) is 45.4 Å². The lowest BCUT2D eigenvalue weighted by atomic mass is 10.1. The number of hydrogen-bond acceptors (Lipinski definition) is 6. The molecule has 0 heterocycles. The van der Waals surface area contributed by atoms with E-state index in [-0.39, 0.29) is 36.9 Å². The molecule has 0 bridgehead atoms. The predicted molar refractivity (Wildman–Crippen MR) is 115 cm³/mol. The average Bonchev–Trinajstić information content (AvgIpc) is 2.65. The van der Waals surface area contributed by atoms with Gasteiger partial charge in [0, 0.05) is 24.2 Å². The number of aromatic hydroxyl groups is 1. The zero-order chi connectivity index (χ0) is 23.0. The number of benzene rings is 2. The number of anilines is 1. The second kappa shape index (κ2) is 10.8. The molecule has 0 saturated heterocycles. The molecule has 0 unspecified atom stereocenters. The van der Waals surface area contributed by atoms with Gasteiger partial charge >= 0.3 is 12.1 Å². The fourth-order valence-corrected chi connectivity index (χ4v) is 2.81. The number of carbonyl (C=O) groups excluding carboxylic acids is 2. The maximum Gasteiger partial charge on any atom is 0.412 e. The molecular weight excluding hydrogens is 403 g/mol. The van der Waals surface area contributed by atoms with Gasteiger partial charge in [0.1, 0.15) is 11.4 Å². The quantitative estimate of drug-likeness (QED) is 0.539. The van der Waals surface area contributed by atoms with E-state index in [1.807, 2.05) is 0 Å². The van der Waals surface area contributed by atoms with Crippen LogP contribution in [0.1, 0.15) is 44.4 Å². The summed E-state index contributed by atoms with van der Waals surface area (Å²) in [5.41, 5.74) is 0.947. The van der Waals surface area contributed by atoms with E-state index in [1.165, 1.54) is 12.1 Å². The Labute approximate surface area is 181 Å². The Balaban J connectivity index is 1.95. The number of amides is 1. The molecule has 0 fully saturated rings. The summed E-state index contributed by atoms with van der Waals surface area (Å²) in [4.78, 5) is 23.4. The standard InChI is InChI=1S/C23H29FN2O5/c1-5-30-20(28)12-15-9-10-16(19(27)11-15)13-25-14-17-7-6-8-18(21(17)24)26-22(29)31-23(2,3)4/h6-11,25,27H,5,12-14H2,1-4H3,(H,26,29). The molecule has 0 atom stereocenters. The topological polar surface area (TPSA) is 96.9 Å². The summed E-state index contributed by atoms with van der Waals surface area (Å²) in [7, 11) is 0. The highest BCUT2D eigenvalue weighted by atomic mass is 19.1. The Morgan fingerprint density at radius 1 is 1.10 bits per heavy atom. The summed E-state index contributed by atoms with van der Waals surface area (Å²) >= 11 is 0. The van der Waals surface area contributed by atoms with Crippen molar-refractivity contribution >= 4 is 17.7 Å². The van der Waals surface area contributed by atoms with Gasteiger partial charge in [0.15, 0.2) is 5.82 Å². The van der Waals surface area contributed by atoms with Crippen molar-refractivity contribution in [3.05, 3.63) is 58.9 Å². The van der Waals surface area contributed by atoms with Gasteiger partial charge in [-0.2, -0.15) is 0 Å². The highest BCUT2D eigenvalue weighted by Crippen LogP contribution is 2.21. The van der Waals surface area contributed by atoms with Gasteiger partial charge in [0.05, 0.1) is 18.7 Å². The number of nitrogens with one attached hydrogen (secondary N) is 2. The van der Waals surface area contributed by atoms with Crippen molar-refractivity contribution in [2.75, 3.05) is 11.9 Å². The van der Waals surface area contributed by atoms with Crippen LogP contribution in [0, 0.1) is 5.82 Å². The van der Waals surface area contributed by atoms with Gasteiger partial charge in [0.2, 0.25) is 0 Å². The minimum atomic E-state index is -0.732. The fraction of sp³-hybridized carbons (Fsp3) is 0.391. The minimum absolute atomic E-state index is 0.0275. The largest absolute Gasteiger partial charge is 0.508 e. The van der Waals surface area contributed by atoms with Crippen LogP contribution in [0.3, 0.4) is 0 Å². The number of phenolic OH excluding ortho intramolecular Hbond substituents is 1. The molecule has 2 rings (SSSR count). The summed E-state index contributed by atoms with van der Waals surface area (Å²) in [6.07, 6.45) is -0.651. The molecule has 0 radical (unpaired) electrons. The van der Waals surface area contributed by atoms with Gasteiger partial charge in [-0.1, -0.05) is 24.3 Å². The third-order valence-electron chi connectivity index (χ3n) is 4.15. The van der Waals surface area contributed by atoms with Gasteiger partial charge in [-0.25, -0.2) is 9.18 Å². The molecular formula is C23H29FN2O5. The van der Waals surface area contributed by atoms with Crippen LogP contribution in [0.2, 0.25) is 0 Å². The van der Waals surface area contributed by atoms with Crippen molar-refractivity contribution in [1.29, 1.82) is 0 Å². The van der Waals surface area contributed by atoms with Crippen molar-refractivity contribution in [3.63, 3.8) is 0 Å². The monoisotopic (exact) mass is 432 g/mol. The van der Waals surface area contributed by atoms with Crippen LogP contribution in [-0.4, -0.2) is 29.4 Å². The first kappa shape index (κ1) is 24.1. The van der Waals surface area contributed by atoms with Gasteiger partial charge in [0.25, 0.3) is 0 Å². The molecule has 0 aliphatic carbocycles. The first-order valence-electron chi connectivity index (χ1n) is 10.0. The fourth-order valence-electron chi connectivity index (χ4n) is 2.81. The van der Waals surface area contributed by atoms with E-state index < -0.39 is 17.5 Å². The second-order valence-electron chi connectivity index (χ2n) is 7.95. The van der Waals surface area contributed by atoms with E-state index in [2.05, 4.69) is 10.6 Å². The summed E-state index contributed by atoms with van der Waals surface area (Å²) in [5.74, 6) is -0.881. The van der Waals surface area contributed by atoms with Gasteiger partial charge in [-0.15, -0.1) is 0 Å². The molecule has 0 aliphatic rings. The Bertz CT molecular complexity index is 925. The Morgan fingerprint density at radius 2 is 1.81 bits per heavy atom. The van der Waals surface area contributed by atoms with E-state index in [9.17, 15) is 19.1 Å². The number of hydrogen-bond donors (Lipinski definition) is 3. The zero-order valence-electron chi connectivity index (χ0n) is 18.3. The Morgan fingerprint density at radius 3 is 2.45 bits per heavy atom. The van der Waals surface area contributed by atoms with E-state index in [4.69, 9.17) is 9.47 Å². The van der Waals surface area contributed by atoms with E-state index in [0.29, 0.717) is 23.3 Å². The first-order valence-corrected chi connectivity index (χ1v) is 10.0. The van der Waals surface area contributed by atoms with Crippen LogP contribution in [-0.2, 0) is 33.8 Å². The molecule has 3 N–H and O–H groups in total. The SMILES string of the molecule is CCOC(=O)Cc1ccc(CNCc2cccc(NC(=O)OC(C)(C)C)c2F)c(O)c1. The van der Waals surface area contributed by atoms with Crippen LogP contribution < -0.4 is 10.6 Å².